The lowest BCUT2D eigenvalue weighted by atomic mass is 10.7. The number of hydrogen-bond acceptors (Lipinski definition) is 2. The first-order chi connectivity index (χ1) is 3.72. The van der Waals surface area contributed by atoms with Gasteiger partial charge in [-0.2, -0.15) is 0 Å². The zero-order valence-corrected chi connectivity index (χ0v) is 5.96. The number of hydrogen-bond donors (Lipinski definition) is 2. The van der Waals surface area contributed by atoms with Crippen LogP contribution < -0.4 is 11.2 Å². The summed E-state index contributed by atoms with van der Waals surface area (Å²) in [5.41, 5.74) is 8.07. The maximum absolute atomic E-state index is 5.25. The van der Waals surface area contributed by atoms with E-state index >= 15 is 0 Å². The molecule has 0 aromatic rings. The van der Waals surface area contributed by atoms with Gasteiger partial charge < -0.3 is 5.73 Å². The van der Waals surface area contributed by atoms with E-state index in [-0.39, 0.29) is 0 Å². The molecule has 0 radical (unpaired) electrons. The van der Waals surface area contributed by atoms with Gasteiger partial charge in [0.1, 0.15) is 0 Å². The molecule has 8 heavy (non-hydrogen) atoms. The van der Waals surface area contributed by atoms with Gasteiger partial charge in [-0.3, -0.25) is 5.01 Å². The highest BCUT2D eigenvalue weighted by atomic mass is 32.1. The van der Waals surface area contributed by atoms with Gasteiger partial charge in [0.15, 0.2) is 5.11 Å². The number of thiocarbonyl (C=S) groups is 1. The summed E-state index contributed by atoms with van der Waals surface area (Å²) < 4.78 is 0. The van der Waals surface area contributed by atoms with Crippen molar-refractivity contribution in [1.29, 1.82) is 0 Å². The molecule has 0 saturated carbocycles. The van der Waals surface area contributed by atoms with E-state index in [2.05, 4.69) is 17.6 Å². The van der Waals surface area contributed by atoms with Crippen molar-refractivity contribution in [2.45, 2.75) is 6.92 Å². The Balaban J connectivity index is 3.52. The summed E-state index contributed by atoms with van der Waals surface area (Å²) in [4.78, 5) is 0. The molecule has 0 amide bonds. The van der Waals surface area contributed by atoms with Gasteiger partial charge in [0.25, 0.3) is 0 Å². The molecule has 0 aromatic carbocycles. The maximum atomic E-state index is 5.25. The monoisotopic (exact) mass is 133 g/mol. The van der Waals surface area contributed by atoms with Gasteiger partial charge in [-0.1, -0.05) is 0 Å². The van der Waals surface area contributed by atoms with Crippen molar-refractivity contribution >= 4 is 17.3 Å². The third kappa shape index (κ3) is 2.09. The molecule has 0 aromatic heterocycles. The Bertz CT molecular complexity index is 79.4. The predicted octanol–water partition coefficient (Wildman–Crippen LogP) is -0.314. The van der Waals surface area contributed by atoms with Crippen molar-refractivity contribution in [1.82, 2.24) is 10.4 Å². The Kier molecular flexibility index (Phi) is 3.47. The van der Waals surface area contributed by atoms with Gasteiger partial charge in [0.05, 0.1) is 0 Å². The van der Waals surface area contributed by atoms with E-state index in [1.165, 1.54) is 0 Å². The summed E-state index contributed by atoms with van der Waals surface area (Å²) in [6.45, 7) is 2.77. The number of rotatable bonds is 2. The molecule has 0 unspecified atom stereocenters. The lowest BCUT2D eigenvalue weighted by Gasteiger charge is -2.17. The fourth-order valence-electron chi connectivity index (χ4n) is 0.424. The second-order valence-corrected chi connectivity index (χ2v) is 1.72. The number of hydrazine groups is 1. The predicted molar refractivity (Wildman–Crippen MR) is 38.2 cm³/mol. The average Bonchev–Trinajstić information content (AvgIpc) is 1.69. The lowest BCUT2D eigenvalue weighted by molar-refractivity contribution is 0.359. The third-order valence-corrected chi connectivity index (χ3v) is 1.07. The van der Waals surface area contributed by atoms with E-state index in [4.69, 9.17) is 5.73 Å². The molecular formula is C4H11N3S. The molecule has 0 rings (SSSR count). The second kappa shape index (κ2) is 3.63. The van der Waals surface area contributed by atoms with Gasteiger partial charge >= 0.3 is 0 Å². The van der Waals surface area contributed by atoms with E-state index in [0.29, 0.717) is 5.11 Å². The second-order valence-electron chi connectivity index (χ2n) is 1.31. The lowest BCUT2D eigenvalue weighted by Crippen LogP contribution is -2.43. The van der Waals surface area contributed by atoms with Crippen LogP contribution in [-0.4, -0.2) is 23.7 Å². The summed E-state index contributed by atoms with van der Waals surface area (Å²) in [7, 11) is 1.78. The zero-order chi connectivity index (χ0) is 6.57. The standard InChI is InChI=1S/C4H11N3S/c1-3-7(6-2)4(5)8/h6H,3H2,1-2H3,(H2,5,8). The van der Waals surface area contributed by atoms with Crippen molar-refractivity contribution in [3.05, 3.63) is 0 Å². The fourth-order valence-corrected chi connectivity index (χ4v) is 0.645. The van der Waals surface area contributed by atoms with E-state index in [9.17, 15) is 0 Å². The molecule has 0 aliphatic heterocycles. The van der Waals surface area contributed by atoms with Crippen molar-refractivity contribution in [3.8, 4) is 0 Å². The molecule has 0 aliphatic rings. The number of nitrogens with one attached hydrogen (secondary N) is 1. The molecule has 3 N–H and O–H groups in total. The fraction of sp³-hybridized carbons (Fsp3) is 0.750. The van der Waals surface area contributed by atoms with Crippen LogP contribution in [0, 0.1) is 0 Å². The molecule has 0 saturated heterocycles. The molecule has 4 heteroatoms. The molecule has 48 valence electrons. The van der Waals surface area contributed by atoms with Gasteiger partial charge in [0, 0.05) is 13.6 Å². The first-order valence-corrected chi connectivity index (χ1v) is 2.87. The Morgan fingerprint density at radius 1 is 1.88 bits per heavy atom. The Labute approximate surface area is 54.8 Å². The SMILES string of the molecule is CCN(NC)C(N)=S. The van der Waals surface area contributed by atoms with Crippen LogP contribution in [0.5, 0.6) is 0 Å². The molecule has 0 spiro atoms. The maximum Gasteiger partial charge on any atom is 0.180 e. The molecule has 0 fully saturated rings. The van der Waals surface area contributed by atoms with Crippen molar-refractivity contribution in [2.75, 3.05) is 13.6 Å². The van der Waals surface area contributed by atoms with Crippen molar-refractivity contribution in [2.24, 2.45) is 5.73 Å². The van der Waals surface area contributed by atoms with Gasteiger partial charge in [-0.05, 0) is 19.1 Å². The molecule has 0 bridgehead atoms. The summed E-state index contributed by atoms with van der Waals surface area (Å²) in [6.07, 6.45) is 0. The number of nitrogens with zero attached hydrogens (tertiary/aromatic N) is 1. The van der Waals surface area contributed by atoms with Crippen LogP contribution in [0.3, 0.4) is 0 Å². The van der Waals surface area contributed by atoms with Crippen LogP contribution in [0.25, 0.3) is 0 Å². The van der Waals surface area contributed by atoms with E-state index in [0.717, 1.165) is 6.54 Å². The van der Waals surface area contributed by atoms with Crippen LogP contribution in [0.4, 0.5) is 0 Å². The van der Waals surface area contributed by atoms with E-state index in [1.807, 2.05) is 6.92 Å². The van der Waals surface area contributed by atoms with E-state index in [1.54, 1.807) is 12.1 Å². The Morgan fingerprint density at radius 2 is 2.38 bits per heavy atom. The normalized spacial score (nSPS) is 8.75. The Hall–Kier alpha value is -0.350. The molecule has 0 atom stereocenters. The minimum Gasteiger partial charge on any atom is -0.375 e. The minimum absolute atomic E-state index is 0.384. The highest BCUT2D eigenvalue weighted by Gasteiger charge is 1.95. The van der Waals surface area contributed by atoms with Gasteiger partial charge in [0.2, 0.25) is 0 Å². The molecule has 0 aliphatic carbocycles. The van der Waals surface area contributed by atoms with Crippen molar-refractivity contribution < 1.29 is 0 Å². The number of nitrogens with two attached hydrogens (primary N) is 1. The van der Waals surface area contributed by atoms with Gasteiger partial charge in [-0.25, -0.2) is 5.43 Å². The van der Waals surface area contributed by atoms with E-state index < -0.39 is 0 Å². The van der Waals surface area contributed by atoms with Crippen LogP contribution in [0.15, 0.2) is 0 Å². The highest BCUT2D eigenvalue weighted by Crippen LogP contribution is 1.76. The van der Waals surface area contributed by atoms with Gasteiger partial charge in [-0.15, -0.1) is 0 Å². The smallest absolute Gasteiger partial charge is 0.180 e. The topological polar surface area (TPSA) is 41.3 Å². The van der Waals surface area contributed by atoms with Crippen molar-refractivity contribution in [3.63, 3.8) is 0 Å². The minimum atomic E-state index is 0.384. The van der Waals surface area contributed by atoms with Crippen LogP contribution in [0.1, 0.15) is 6.92 Å². The van der Waals surface area contributed by atoms with Crippen LogP contribution >= 0.6 is 12.2 Å². The highest BCUT2D eigenvalue weighted by molar-refractivity contribution is 7.80. The largest absolute Gasteiger partial charge is 0.375 e. The van der Waals surface area contributed by atoms with Crippen LogP contribution in [0.2, 0.25) is 0 Å². The summed E-state index contributed by atoms with van der Waals surface area (Å²) >= 11 is 4.66. The summed E-state index contributed by atoms with van der Waals surface area (Å²) in [5, 5.41) is 2.06. The average molecular weight is 133 g/mol. The summed E-state index contributed by atoms with van der Waals surface area (Å²) in [6, 6.07) is 0. The first kappa shape index (κ1) is 7.65. The molecule has 0 heterocycles. The quantitative estimate of drug-likeness (QED) is 0.400. The Morgan fingerprint density at radius 3 is 2.38 bits per heavy atom. The first-order valence-electron chi connectivity index (χ1n) is 2.46. The molecule has 3 nitrogen and oxygen atoms in total. The molecular weight excluding hydrogens is 122 g/mol. The zero-order valence-electron chi connectivity index (χ0n) is 5.14. The van der Waals surface area contributed by atoms with Crippen LogP contribution in [-0.2, 0) is 0 Å². The summed E-state index contributed by atoms with van der Waals surface area (Å²) in [5.74, 6) is 0. The third-order valence-electron chi connectivity index (χ3n) is 0.852.